The van der Waals surface area contributed by atoms with Gasteiger partial charge in [0.2, 0.25) is 0 Å². The average Bonchev–Trinajstić information content (AvgIpc) is 2.82. The molecule has 2 aromatic heterocycles. The number of nitrogens with zero attached hydrogens (tertiary/aromatic N) is 1. The number of carbonyl (C=O) groups excluding carboxylic acids is 1. The summed E-state index contributed by atoms with van der Waals surface area (Å²) in [5.74, 6) is 0.161. The highest BCUT2D eigenvalue weighted by Crippen LogP contribution is 2.25. The van der Waals surface area contributed by atoms with E-state index in [1.165, 1.54) is 12.1 Å². The molecule has 0 N–H and O–H groups in total. The molecule has 2 heterocycles. The van der Waals surface area contributed by atoms with Crippen LogP contribution in [0.5, 0.6) is 5.75 Å². The van der Waals surface area contributed by atoms with Gasteiger partial charge in [0.1, 0.15) is 24.5 Å². The minimum Gasteiger partial charge on any atom is -0.487 e. The van der Waals surface area contributed by atoms with Crippen molar-refractivity contribution in [2.45, 2.75) is 20.1 Å². The van der Waals surface area contributed by atoms with E-state index in [2.05, 4.69) is 4.98 Å². The molecule has 0 aliphatic rings. The van der Waals surface area contributed by atoms with Gasteiger partial charge in [0.15, 0.2) is 0 Å². The van der Waals surface area contributed by atoms with Gasteiger partial charge in [-0.15, -0.1) is 0 Å². The highest BCUT2D eigenvalue weighted by atomic mass is 35.5. The average molecular weight is 462 g/mol. The molecule has 33 heavy (non-hydrogen) atoms. The Balaban J connectivity index is 1.36. The van der Waals surface area contributed by atoms with E-state index in [9.17, 15) is 9.59 Å². The summed E-state index contributed by atoms with van der Waals surface area (Å²) in [4.78, 5) is 28.2. The van der Waals surface area contributed by atoms with E-state index in [0.717, 1.165) is 16.8 Å². The normalized spacial score (nSPS) is 11.1. The van der Waals surface area contributed by atoms with E-state index < -0.39 is 11.6 Å². The third-order valence-electron chi connectivity index (χ3n) is 4.88. The second-order valence-electron chi connectivity index (χ2n) is 7.31. The van der Waals surface area contributed by atoms with Crippen LogP contribution in [0.2, 0.25) is 5.02 Å². The third kappa shape index (κ3) is 5.87. The van der Waals surface area contributed by atoms with Crippen molar-refractivity contribution in [2.75, 3.05) is 0 Å². The van der Waals surface area contributed by atoms with E-state index in [1.54, 1.807) is 24.4 Å². The molecule has 0 fully saturated rings. The highest BCUT2D eigenvalue weighted by Gasteiger charge is 2.10. The lowest BCUT2D eigenvalue weighted by Crippen LogP contribution is -2.05. The number of esters is 1. The zero-order chi connectivity index (χ0) is 23.2. The van der Waals surface area contributed by atoms with Crippen molar-refractivity contribution in [3.8, 4) is 5.75 Å². The second-order valence-corrected chi connectivity index (χ2v) is 7.72. The number of aryl methyl sites for hydroxylation is 1. The van der Waals surface area contributed by atoms with E-state index >= 15 is 0 Å². The molecule has 0 bridgehead atoms. The van der Waals surface area contributed by atoms with Gasteiger partial charge in [-0.05, 0) is 60.5 Å². The van der Waals surface area contributed by atoms with Crippen LogP contribution in [0.25, 0.3) is 17.0 Å². The first kappa shape index (κ1) is 22.3. The number of rotatable bonds is 7. The molecule has 0 atom stereocenters. The van der Waals surface area contributed by atoms with Crippen molar-refractivity contribution < 1.29 is 18.7 Å². The van der Waals surface area contributed by atoms with Crippen molar-refractivity contribution in [1.82, 2.24) is 4.98 Å². The Morgan fingerprint density at radius 1 is 1.09 bits per heavy atom. The smallest absolute Gasteiger partial charge is 0.336 e. The number of aromatic nitrogens is 1. The van der Waals surface area contributed by atoms with Crippen LogP contribution in [0.1, 0.15) is 22.4 Å². The molecule has 0 spiro atoms. The molecule has 166 valence electrons. The molecule has 4 rings (SSSR count). The second kappa shape index (κ2) is 10.1. The van der Waals surface area contributed by atoms with Crippen molar-refractivity contribution in [3.63, 3.8) is 0 Å². The van der Waals surface area contributed by atoms with Crippen LogP contribution < -0.4 is 10.4 Å². The molecule has 0 aliphatic heterocycles. The molecule has 0 saturated heterocycles. The molecule has 2 aromatic carbocycles. The van der Waals surface area contributed by atoms with Crippen LogP contribution in [0.3, 0.4) is 0 Å². The number of hydrogen-bond donors (Lipinski definition) is 0. The SMILES string of the molecule is Cc1cc2oc(=O)cc(COC(=O)C=Cc3ccc(OCc4ccccn4)cc3)c2cc1Cl. The van der Waals surface area contributed by atoms with Gasteiger partial charge in [0.05, 0.1) is 5.69 Å². The Morgan fingerprint density at radius 2 is 1.91 bits per heavy atom. The van der Waals surface area contributed by atoms with Crippen molar-refractivity contribution in [3.05, 3.63) is 111 Å². The zero-order valence-electron chi connectivity index (χ0n) is 17.8. The van der Waals surface area contributed by atoms with Gasteiger partial charge in [0, 0.05) is 34.3 Å². The first-order chi connectivity index (χ1) is 16.0. The number of carbonyl (C=O) groups is 1. The standard InChI is InChI=1S/C26H20ClNO5/c1-17-12-24-22(14-23(17)27)19(13-26(30)33-24)15-32-25(29)10-7-18-5-8-21(9-6-18)31-16-20-4-2-3-11-28-20/h2-14H,15-16H2,1H3. The zero-order valence-corrected chi connectivity index (χ0v) is 18.5. The first-order valence-corrected chi connectivity index (χ1v) is 10.6. The lowest BCUT2D eigenvalue weighted by Gasteiger charge is -2.07. The number of halogens is 1. The van der Waals surface area contributed by atoms with Crippen LogP contribution >= 0.6 is 11.6 Å². The largest absolute Gasteiger partial charge is 0.487 e. The first-order valence-electron chi connectivity index (χ1n) is 10.2. The molecule has 6 nitrogen and oxygen atoms in total. The maximum absolute atomic E-state index is 12.2. The lowest BCUT2D eigenvalue weighted by molar-refractivity contribution is -0.138. The van der Waals surface area contributed by atoms with Gasteiger partial charge in [-0.25, -0.2) is 9.59 Å². The summed E-state index contributed by atoms with van der Waals surface area (Å²) in [6.07, 6.45) is 4.69. The molecule has 0 aliphatic carbocycles. The van der Waals surface area contributed by atoms with E-state index in [-0.39, 0.29) is 6.61 Å². The number of hydrogen-bond acceptors (Lipinski definition) is 6. The van der Waals surface area contributed by atoms with Gasteiger partial charge >= 0.3 is 11.6 Å². The summed E-state index contributed by atoms with van der Waals surface area (Å²) in [7, 11) is 0. The highest BCUT2D eigenvalue weighted by molar-refractivity contribution is 6.32. The molecular formula is C26H20ClNO5. The van der Waals surface area contributed by atoms with Gasteiger partial charge < -0.3 is 13.9 Å². The van der Waals surface area contributed by atoms with E-state index in [1.807, 2.05) is 49.4 Å². The number of fused-ring (bicyclic) bond motifs is 1. The van der Waals surface area contributed by atoms with Crippen molar-refractivity contribution >= 4 is 34.6 Å². The molecule has 0 amide bonds. The maximum Gasteiger partial charge on any atom is 0.336 e. The topological polar surface area (TPSA) is 78.6 Å². The Hall–Kier alpha value is -3.90. The van der Waals surface area contributed by atoms with E-state index in [4.69, 9.17) is 25.5 Å². The monoisotopic (exact) mass is 461 g/mol. The van der Waals surface area contributed by atoms with Crippen LogP contribution in [-0.2, 0) is 22.7 Å². The predicted molar refractivity (Wildman–Crippen MR) is 126 cm³/mol. The summed E-state index contributed by atoms with van der Waals surface area (Å²) in [6.45, 7) is 2.11. The number of benzene rings is 2. The van der Waals surface area contributed by atoms with Crippen LogP contribution in [0.15, 0.2) is 82.1 Å². The molecule has 7 heteroatoms. The summed E-state index contributed by atoms with van der Waals surface area (Å²) < 4.78 is 16.2. The van der Waals surface area contributed by atoms with Crippen LogP contribution in [-0.4, -0.2) is 11.0 Å². The van der Waals surface area contributed by atoms with Crippen LogP contribution in [0, 0.1) is 6.92 Å². The summed E-state index contributed by atoms with van der Waals surface area (Å²) in [5, 5.41) is 1.17. The summed E-state index contributed by atoms with van der Waals surface area (Å²) >= 11 is 6.19. The number of ether oxygens (including phenoxy) is 2. The molecular weight excluding hydrogens is 442 g/mol. The summed E-state index contributed by atoms with van der Waals surface area (Å²) in [6, 6.07) is 17.6. The Labute approximate surface area is 195 Å². The Kier molecular flexibility index (Phi) is 6.86. The third-order valence-corrected chi connectivity index (χ3v) is 5.29. The minimum atomic E-state index is -0.537. The predicted octanol–water partition coefficient (Wildman–Crippen LogP) is 5.49. The van der Waals surface area contributed by atoms with Crippen molar-refractivity contribution in [2.24, 2.45) is 0 Å². The van der Waals surface area contributed by atoms with E-state index in [0.29, 0.717) is 33.9 Å². The Bertz CT molecular complexity index is 1360. The lowest BCUT2D eigenvalue weighted by atomic mass is 10.1. The molecule has 0 saturated carbocycles. The fraction of sp³-hybridized carbons (Fsp3) is 0.115. The molecule has 0 radical (unpaired) electrons. The quantitative estimate of drug-likeness (QED) is 0.206. The minimum absolute atomic E-state index is 0.0784. The molecule has 0 unspecified atom stereocenters. The Morgan fingerprint density at radius 3 is 2.67 bits per heavy atom. The van der Waals surface area contributed by atoms with Gasteiger partial charge in [0.25, 0.3) is 0 Å². The van der Waals surface area contributed by atoms with Gasteiger partial charge in [-0.1, -0.05) is 29.8 Å². The summed E-state index contributed by atoms with van der Waals surface area (Å²) in [5.41, 5.74) is 2.85. The van der Waals surface area contributed by atoms with Gasteiger partial charge in [-0.2, -0.15) is 0 Å². The van der Waals surface area contributed by atoms with Crippen molar-refractivity contribution in [1.29, 1.82) is 0 Å². The van der Waals surface area contributed by atoms with Crippen LogP contribution in [0.4, 0.5) is 0 Å². The van der Waals surface area contributed by atoms with Gasteiger partial charge in [-0.3, -0.25) is 4.98 Å². The molecule has 4 aromatic rings. The fourth-order valence-electron chi connectivity index (χ4n) is 3.14. The number of pyridine rings is 1. The fourth-order valence-corrected chi connectivity index (χ4v) is 3.31. The maximum atomic E-state index is 12.2.